The molecule has 0 amide bonds. The molecule has 1 saturated heterocycles. The quantitative estimate of drug-likeness (QED) is 0.365. The van der Waals surface area contributed by atoms with Gasteiger partial charge in [0.05, 0.1) is 19.6 Å². The van der Waals surface area contributed by atoms with E-state index in [2.05, 4.69) is 0 Å². The Kier molecular flexibility index (Phi) is 8.03. The van der Waals surface area contributed by atoms with E-state index in [1.54, 1.807) is 13.8 Å². The zero-order valence-corrected chi connectivity index (χ0v) is 17.1. The molecular formula is C22H30O6. The molecule has 1 aromatic rings. The predicted molar refractivity (Wildman–Crippen MR) is 103 cm³/mol. The van der Waals surface area contributed by atoms with Crippen LogP contribution in [0.4, 0.5) is 0 Å². The Bertz CT molecular complexity index is 651. The summed E-state index contributed by atoms with van der Waals surface area (Å²) in [7, 11) is 0. The van der Waals surface area contributed by atoms with E-state index in [9.17, 15) is 14.4 Å². The molecule has 1 aromatic carbocycles. The maximum atomic E-state index is 12.7. The smallest absolute Gasteiger partial charge is 0.320 e. The van der Waals surface area contributed by atoms with Gasteiger partial charge in [-0.05, 0) is 31.7 Å². The van der Waals surface area contributed by atoms with Gasteiger partial charge in [-0.25, -0.2) is 0 Å². The molecule has 1 aliphatic heterocycles. The molecule has 154 valence electrons. The van der Waals surface area contributed by atoms with Crippen molar-refractivity contribution < 1.29 is 28.6 Å². The molecule has 1 heterocycles. The van der Waals surface area contributed by atoms with E-state index in [0.29, 0.717) is 6.42 Å². The van der Waals surface area contributed by atoms with Crippen LogP contribution in [0.2, 0.25) is 0 Å². The van der Waals surface area contributed by atoms with E-state index in [4.69, 9.17) is 14.2 Å². The Hall–Kier alpha value is -2.37. The van der Waals surface area contributed by atoms with Crippen LogP contribution in [0.15, 0.2) is 30.3 Å². The number of benzene rings is 1. The van der Waals surface area contributed by atoms with Crippen molar-refractivity contribution in [3.63, 3.8) is 0 Å². The molecular weight excluding hydrogens is 360 g/mol. The van der Waals surface area contributed by atoms with Gasteiger partial charge >= 0.3 is 17.9 Å². The van der Waals surface area contributed by atoms with E-state index in [1.807, 2.05) is 44.2 Å². The zero-order chi connectivity index (χ0) is 20.7. The lowest BCUT2D eigenvalue weighted by molar-refractivity contribution is -0.163. The molecule has 0 spiro atoms. The highest BCUT2D eigenvalue weighted by Gasteiger charge is 2.44. The van der Waals surface area contributed by atoms with E-state index in [0.717, 1.165) is 5.56 Å². The maximum Gasteiger partial charge on any atom is 0.320 e. The minimum Gasteiger partial charge on any atom is -0.465 e. The summed E-state index contributed by atoms with van der Waals surface area (Å²) in [5, 5.41) is 0. The highest BCUT2D eigenvalue weighted by atomic mass is 16.6. The second-order valence-corrected chi connectivity index (χ2v) is 7.40. The molecule has 2 rings (SSSR count). The first-order valence-corrected chi connectivity index (χ1v) is 9.96. The first-order chi connectivity index (χ1) is 13.4. The fourth-order valence-corrected chi connectivity index (χ4v) is 3.90. The summed E-state index contributed by atoms with van der Waals surface area (Å²) in [5.74, 6) is -2.90. The second kappa shape index (κ2) is 10.2. The number of cyclic esters (lactones) is 1. The van der Waals surface area contributed by atoms with Crippen molar-refractivity contribution in [1.29, 1.82) is 0 Å². The highest BCUT2D eigenvalue weighted by molar-refractivity contribution is 5.96. The summed E-state index contributed by atoms with van der Waals surface area (Å²) in [4.78, 5) is 37.3. The summed E-state index contributed by atoms with van der Waals surface area (Å²) >= 11 is 0. The van der Waals surface area contributed by atoms with Gasteiger partial charge in [-0.15, -0.1) is 0 Å². The maximum absolute atomic E-state index is 12.7. The van der Waals surface area contributed by atoms with Crippen molar-refractivity contribution in [2.75, 3.05) is 13.2 Å². The van der Waals surface area contributed by atoms with Crippen LogP contribution >= 0.6 is 0 Å². The summed E-state index contributed by atoms with van der Waals surface area (Å²) in [6.07, 6.45) is 0.509. The Balaban J connectivity index is 2.40. The van der Waals surface area contributed by atoms with Gasteiger partial charge < -0.3 is 14.2 Å². The van der Waals surface area contributed by atoms with Gasteiger partial charge in [0.15, 0.2) is 5.92 Å². The van der Waals surface area contributed by atoms with E-state index >= 15 is 0 Å². The van der Waals surface area contributed by atoms with Crippen LogP contribution in [0.25, 0.3) is 0 Å². The van der Waals surface area contributed by atoms with Gasteiger partial charge in [0.2, 0.25) is 0 Å². The van der Waals surface area contributed by atoms with Crippen LogP contribution < -0.4 is 0 Å². The number of carbonyl (C=O) groups excluding carboxylic acids is 3. The van der Waals surface area contributed by atoms with E-state index < -0.39 is 23.8 Å². The average Bonchev–Trinajstić information content (AvgIpc) is 3.03. The molecule has 1 aliphatic rings. The third-order valence-electron chi connectivity index (χ3n) is 5.09. The molecule has 0 saturated carbocycles. The first kappa shape index (κ1) is 21.9. The van der Waals surface area contributed by atoms with E-state index in [-0.39, 0.29) is 43.5 Å². The van der Waals surface area contributed by atoms with Crippen LogP contribution in [0.3, 0.4) is 0 Å². The van der Waals surface area contributed by atoms with Crippen molar-refractivity contribution in [3.8, 4) is 0 Å². The second-order valence-electron chi connectivity index (χ2n) is 7.40. The van der Waals surface area contributed by atoms with Crippen LogP contribution in [-0.2, 0) is 28.6 Å². The number of rotatable bonds is 9. The van der Waals surface area contributed by atoms with Crippen molar-refractivity contribution in [2.24, 2.45) is 17.8 Å². The third kappa shape index (κ3) is 5.33. The van der Waals surface area contributed by atoms with Crippen molar-refractivity contribution >= 4 is 17.9 Å². The van der Waals surface area contributed by atoms with Gasteiger partial charge in [0, 0.05) is 11.8 Å². The number of ether oxygens (including phenoxy) is 3. The van der Waals surface area contributed by atoms with Crippen molar-refractivity contribution in [2.45, 2.75) is 52.6 Å². The SMILES string of the molecule is CCOC(=O)C(C(=O)OCC)C(C[C@H]1CC(=O)O[C@@H]1C(C)C)c1ccccc1. The predicted octanol–water partition coefficient (Wildman–Crippen LogP) is 3.49. The summed E-state index contributed by atoms with van der Waals surface area (Å²) in [6.45, 7) is 7.77. The molecule has 0 radical (unpaired) electrons. The largest absolute Gasteiger partial charge is 0.465 e. The summed E-state index contributed by atoms with van der Waals surface area (Å²) < 4.78 is 15.9. The molecule has 0 N–H and O–H groups in total. The Morgan fingerprint density at radius 1 is 1.07 bits per heavy atom. The molecule has 1 fully saturated rings. The number of esters is 3. The molecule has 6 nitrogen and oxygen atoms in total. The summed E-state index contributed by atoms with van der Waals surface area (Å²) in [6, 6.07) is 9.39. The molecule has 1 unspecified atom stereocenters. The third-order valence-corrected chi connectivity index (χ3v) is 5.09. The normalized spacial score (nSPS) is 20.1. The Morgan fingerprint density at radius 3 is 2.14 bits per heavy atom. The monoisotopic (exact) mass is 390 g/mol. The highest BCUT2D eigenvalue weighted by Crippen LogP contribution is 2.40. The molecule has 6 heteroatoms. The van der Waals surface area contributed by atoms with Gasteiger partial charge in [-0.2, -0.15) is 0 Å². The summed E-state index contributed by atoms with van der Waals surface area (Å²) in [5.41, 5.74) is 0.843. The molecule has 0 aromatic heterocycles. The lowest BCUT2D eigenvalue weighted by Gasteiger charge is -2.29. The first-order valence-electron chi connectivity index (χ1n) is 9.96. The van der Waals surface area contributed by atoms with E-state index in [1.165, 1.54) is 0 Å². The molecule has 0 aliphatic carbocycles. The fourth-order valence-electron chi connectivity index (χ4n) is 3.90. The number of carbonyl (C=O) groups is 3. The van der Waals surface area contributed by atoms with Crippen molar-refractivity contribution in [1.82, 2.24) is 0 Å². The van der Waals surface area contributed by atoms with Gasteiger partial charge in [-0.1, -0.05) is 44.2 Å². The average molecular weight is 390 g/mol. The number of hydrogen-bond acceptors (Lipinski definition) is 6. The van der Waals surface area contributed by atoms with Crippen LogP contribution in [0.1, 0.15) is 52.0 Å². The molecule has 3 atom stereocenters. The molecule has 0 bridgehead atoms. The van der Waals surface area contributed by atoms with Crippen LogP contribution in [0, 0.1) is 17.8 Å². The van der Waals surface area contributed by atoms with Crippen LogP contribution in [0.5, 0.6) is 0 Å². The topological polar surface area (TPSA) is 78.9 Å². The number of hydrogen-bond donors (Lipinski definition) is 0. The standard InChI is InChI=1S/C22H30O6/c1-5-26-21(24)19(22(25)27-6-2)17(15-10-8-7-9-11-15)12-16-13-18(23)28-20(16)14(3)4/h7-11,14,16-17,19-20H,5-6,12-13H2,1-4H3/t16-,17?,20+/m0/s1. The van der Waals surface area contributed by atoms with Gasteiger partial charge in [0.25, 0.3) is 0 Å². The minimum atomic E-state index is -1.08. The Labute approximate surface area is 166 Å². The van der Waals surface area contributed by atoms with Crippen LogP contribution in [-0.4, -0.2) is 37.2 Å². The molecule has 28 heavy (non-hydrogen) atoms. The Morgan fingerprint density at radius 2 is 1.64 bits per heavy atom. The lowest BCUT2D eigenvalue weighted by atomic mass is 9.76. The zero-order valence-electron chi connectivity index (χ0n) is 17.1. The van der Waals surface area contributed by atoms with Gasteiger partial charge in [-0.3, -0.25) is 14.4 Å². The van der Waals surface area contributed by atoms with Crippen molar-refractivity contribution in [3.05, 3.63) is 35.9 Å². The fraction of sp³-hybridized carbons (Fsp3) is 0.591. The van der Waals surface area contributed by atoms with Gasteiger partial charge in [0.1, 0.15) is 6.10 Å². The lowest BCUT2D eigenvalue weighted by Crippen LogP contribution is -2.35. The minimum absolute atomic E-state index is 0.0796.